The number of anilines is 1. The first kappa shape index (κ1) is 19.6. The predicted octanol–water partition coefficient (Wildman–Crippen LogP) is 2.81. The first-order valence-electron chi connectivity index (χ1n) is 9.47. The summed E-state index contributed by atoms with van der Waals surface area (Å²) in [6.07, 6.45) is 1.66. The van der Waals surface area contributed by atoms with E-state index in [4.69, 9.17) is 0 Å². The van der Waals surface area contributed by atoms with Crippen LogP contribution in [0.15, 0.2) is 67.3 Å². The van der Waals surface area contributed by atoms with Gasteiger partial charge in [-0.05, 0) is 23.3 Å². The Labute approximate surface area is 165 Å². The molecule has 1 fully saturated rings. The molecule has 2 aromatic carbocycles. The van der Waals surface area contributed by atoms with Gasteiger partial charge in [-0.1, -0.05) is 48.5 Å². The number of carbonyl (C=O) groups is 2. The van der Waals surface area contributed by atoms with Crippen molar-refractivity contribution in [3.8, 4) is 11.1 Å². The highest BCUT2D eigenvalue weighted by atomic mass is 16.2. The fourth-order valence-corrected chi connectivity index (χ4v) is 3.13. The van der Waals surface area contributed by atoms with Crippen molar-refractivity contribution < 1.29 is 9.59 Å². The molecule has 0 spiro atoms. The second kappa shape index (κ2) is 9.71. The molecule has 146 valence electrons. The van der Waals surface area contributed by atoms with Gasteiger partial charge in [0.05, 0.1) is 6.54 Å². The Kier molecular flexibility index (Phi) is 6.81. The first-order chi connectivity index (χ1) is 13.7. The van der Waals surface area contributed by atoms with Crippen LogP contribution in [0.1, 0.15) is 0 Å². The molecule has 2 aromatic rings. The fourth-order valence-electron chi connectivity index (χ4n) is 3.13. The zero-order valence-corrected chi connectivity index (χ0v) is 15.9. The number of hydrogen-bond donors (Lipinski definition) is 2. The number of urea groups is 1. The van der Waals surface area contributed by atoms with Crippen LogP contribution < -0.4 is 10.6 Å². The van der Waals surface area contributed by atoms with Gasteiger partial charge in [0.2, 0.25) is 5.91 Å². The maximum Gasteiger partial charge on any atom is 0.321 e. The molecule has 2 N–H and O–H groups in total. The number of benzene rings is 2. The van der Waals surface area contributed by atoms with Gasteiger partial charge < -0.3 is 15.5 Å². The van der Waals surface area contributed by atoms with Crippen LogP contribution in [0, 0.1) is 0 Å². The summed E-state index contributed by atoms with van der Waals surface area (Å²) in [5.41, 5.74) is 3.03. The van der Waals surface area contributed by atoms with Gasteiger partial charge in [-0.25, -0.2) is 4.79 Å². The summed E-state index contributed by atoms with van der Waals surface area (Å²) in [5.74, 6) is -0.0173. The van der Waals surface area contributed by atoms with E-state index in [1.165, 1.54) is 0 Å². The second-order valence-electron chi connectivity index (χ2n) is 6.73. The summed E-state index contributed by atoms with van der Waals surface area (Å²) in [6.45, 7) is 6.98. The fraction of sp³-hybridized carbons (Fsp3) is 0.273. The zero-order valence-electron chi connectivity index (χ0n) is 15.9. The van der Waals surface area contributed by atoms with Crippen molar-refractivity contribution in [3.63, 3.8) is 0 Å². The first-order valence-corrected chi connectivity index (χ1v) is 9.47. The summed E-state index contributed by atoms with van der Waals surface area (Å²) in [5, 5.41) is 5.72. The highest BCUT2D eigenvalue weighted by Gasteiger charge is 2.22. The number of hydrogen-bond acceptors (Lipinski definition) is 3. The maximum atomic E-state index is 12.5. The Morgan fingerprint density at radius 2 is 1.57 bits per heavy atom. The minimum Gasteiger partial charge on any atom is -0.352 e. The van der Waals surface area contributed by atoms with Gasteiger partial charge >= 0.3 is 6.03 Å². The third kappa shape index (κ3) is 5.44. The molecule has 1 aliphatic heterocycles. The molecule has 1 heterocycles. The minimum absolute atomic E-state index is 0.0173. The summed E-state index contributed by atoms with van der Waals surface area (Å²) in [6, 6.07) is 17.9. The van der Waals surface area contributed by atoms with Crippen LogP contribution in [0.25, 0.3) is 11.1 Å². The van der Waals surface area contributed by atoms with Crippen molar-refractivity contribution >= 4 is 17.6 Å². The van der Waals surface area contributed by atoms with E-state index >= 15 is 0 Å². The van der Waals surface area contributed by atoms with Gasteiger partial charge in [0, 0.05) is 38.4 Å². The van der Waals surface area contributed by atoms with Crippen molar-refractivity contribution in [2.45, 2.75) is 0 Å². The van der Waals surface area contributed by atoms with Crippen molar-refractivity contribution in [2.24, 2.45) is 0 Å². The van der Waals surface area contributed by atoms with E-state index in [1.54, 1.807) is 11.0 Å². The smallest absolute Gasteiger partial charge is 0.321 e. The molecular weight excluding hydrogens is 352 g/mol. The van der Waals surface area contributed by atoms with Crippen molar-refractivity contribution in [3.05, 3.63) is 67.3 Å². The highest BCUT2D eigenvalue weighted by Crippen LogP contribution is 2.21. The van der Waals surface area contributed by atoms with Gasteiger partial charge in [0.25, 0.3) is 0 Å². The molecule has 0 bridgehead atoms. The summed E-state index contributed by atoms with van der Waals surface area (Å²) in [4.78, 5) is 28.1. The Hall–Kier alpha value is -3.12. The predicted molar refractivity (Wildman–Crippen MR) is 112 cm³/mol. The average Bonchev–Trinajstić information content (AvgIpc) is 2.74. The molecule has 6 nitrogen and oxygen atoms in total. The van der Waals surface area contributed by atoms with Crippen molar-refractivity contribution in [1.82, 2.24) is 15.1 Å². The van der Waals surface area contributed by atoms with E-state index in [2.05, 4.69) is 34.2 Å². The normalized spacial score (nSPS) is 14.4. The highest BCUT2D eigenvalue weighted by molar-refractivity contribution is 5.89. The van der Waals surface area contributed by atoms with E-state index in [0.717, 1.165) is 16.8 Å². The average molecular weight is 378 g/mol. The van der Waals surface area contributed by atoms with Crippen molar-refractivity contribution in [1.29, 1.82) is 0 Å². The number of rotatable bonds is 6. The van der Waals surface area contributed by atoms with Crippen LogP contribution in [-0.4, -0.2) is 61.0 Å². The van der Waals surface area contributed by atoms with E-state index < -0.39 is 0 Å². The van der Waals surface area contributed by atoms with Crippen LogP contribution in [-0.2, 0) is 4.79 Å². The standard InChI is InChI=1S/C22H26N4O2/c1-2-12-23-21(27)17-25-13-15-26(16-14-25)22(28)24-20-10-8-19(9-11-20)18-6-4-3-5-7-18/h2-11H,1,12-17H2,(H,23,27)(H,24,28). The SMILES string of the molecule is C=CCNC(=O)CN1CCN(C(=O)Nc2ccc(-c3ccccc3)cc2)CC1. The van der Waals surface area contributed by atoms with Crippen molar-refractivity contribution in [2.75, 3.05) is 44.6 Å². The third-order valence-corrected chi connectivity index (χ3v) is 4.71. The largest absolute Gasteiger partial charge is 0.352 e. The van der Waals surface area contributed by atoms with Crippen LogP contribution in [0.5, 0.6) is 0 Å². The summed E-state index contributed by atoms with van der Waals surface area (Å²) < 4.78 is 0. The number of nitrogens with zero attached hydrogens (tertiary/aromatic N) is 2. The molecule has 0 atom stereocenters. The Morgan fingerprint density at radius 1 is 0.929 bits per heavy atom. The molecule has 6 heteroatoms. The Bertz CT molecular complexity index is 797. The van der Waals surface area contributed by atoms with E-state index in [9.17, 15) is 9.59 Å². The number of nitrogens with one attached hydrogen (secondary N) is 2. The summed E-state index contributed by atoms with van der Waals surface area (Å²) >= 11 is 0. The molecule has 1 aliphatic rings. The van der Waals surface area contributed by atoms with Gasteiger partial charge in [-0.15, -0.1) is 6.58 Å². The molecular formula is C22H26N4O2. The maximum absolute atomic E-state index is 12.5. The van der Waals surface area contributed by atoms with Gasteiger partial charge in [-0.3, -0.25) is 9.69 Å². The lowest BCUT2D eigenvalue weighted by molar-refractivity contribution is -0.122. The van der Waals surface area contributed by atoms with Crippen LogP contribution in [0.2, 0.25) is 0 Å². The lowest BCUT2D eigenvalue weighted by atomic mass is 10.1. The second-order valence-corrected chi connectivity index (χ2v) is 6.73. The lowest BCUT2D eigenvalue weighted by Crippen LogP contribution is -2.52. The Balaban J connectivity index is 1.47. The van der Waals surface area contributed by atoms with E-state index in [0.29, 0.717) is 39.3 Å². The quantitative estimate of drug-likeness (QED) is 0.760. The lowest BCUT2D eigenvalue weighted by Gasteiger charge is -2.34. The molecule has 1 saturated heterocycles. The molecule has 0 aliphatic carbocycles. The molecule has 28 heavy (non-hydrogen) atoms. The molecule has 3 rings (SSSR count). The number of piperazine rings is 1. The molecule has 0 saturated carbocycles. The minimum atomic E-state index is -0.108. The van der Waals surface area contributed by atoms with Crippen LogP contribution in [0.4, 0.5) is 10.5 Å². The summed E-state index contributed by atoms with van der Waals surface area (Å²) in [7, 11) is 0. The van der Waals surface area contributed by atoms with E-state index in [-0.39, 0.29) is 11.9 Å². The zero-order chi connectivity index (χ0) is 19.8. The molecule has 0 aromatic heterocycles. The third-order valence-electron chi connectivity index (χ3n) is 4.71. The topological polar surface area (TPSA) is 64.7 Å². The van der Waals surface area contributed by atoms with E-state index in [1.807, 2.05) is 42.5 Å². The van der Waals surface area contributed by atoms with Crippen LogP contribution >= 0.6 is 0 Å². The van der Waals surface area contributed by atoms with Gasteiger partial charge in [-0.2, -0.15) is 0 Å². The Morgan fingerprint density at radius 3 is 2.21 bits per heavy atom. The molecule has 0 unspecified atom stereocenters. The number of carbonyl (C=O) groups excluding carboxylic acids is 2. The molecule has 0 radical (unpaired) electrons. The number of amides is 3. The van der Waals surface area contributed by atoms with Gasteiger partial charge in [0.15, 0.2) is 0 Å². The monoisotopic (exact) mass is 378 g/mol. The molecule has 3 amide bonds. The van der Waals surface area contributed by atoms with Gasteiger partial charge in [0.1, 0.15) is 0 Å². The van der Waals surface area contributed by atoms with Crippen LogP contribution in [0.3, 0.4) is 0 Å².